The molecule has 2 N–H and O–H groups in total. The fraction of sp³-hybridized carbons (Fsp3) is 0.500. The summed E-state index contributed by atoms with van der Waals surface area (Å²) in [7, 11) is 0. The van der Waals surface area contributed by atoms with Crippen LogP contribution in [0, 0.1) is 5.41 Å². The maximum absolute atomic E-state index is 3.32. The molecule has 0 aliphatic carbocycles. The fourth-order valence-corrected chi connectivity index (χ4v) is 1.85. The molecule has 1 aromatic carbocycles. The van der Waals surface area contributed by atoms with Crippen molar-refractivity contribution in [3.63, 3.8) is 0 Å². The Labute approximate surface area is 85.7 Å². The van der Waals surface area contributed by atoms with Crippen molar-refractivity contribution < 1.29 is 0 Å². The molecule has 0 bridgehead atoms. The summed E-state index contributed by atoms with van der Waals surface area (Å²) in [4.78, 5) is 0. The highest BCUT2D eigenvalue weighted by molar-refractivity contribution is 5.73. The van der Waals surface area contributed by atoms with Gasteiger partial charge in [0.2, 0.25) is 0 Å². The largest absolute Gasteiger partial charge is 0.366 e. The Balaban J connectivity index is 2.21. The summed E-state index contributed by atoms with van der Waals surface area (Å²) in [6, 6.07) is 6.63. The van der Waals surface area contributed by atoms with Gasteiger partial charge in [-0.3, -0.25) is 0 Å². The first kappa shape index (κ1) is 9.38. The van der Waals surface area contributed by atoms with Gasteiger partial charge in [0, 0.05) is 0 Å². The van der Waals surface area contributed by atoms with E-state index in [2.05, 4.69) is 49.6 Å². The van der Waals surface area contributed by atoms with Crippen LogP contribution in [-0.2, 0) is 6.42 Å². The van der Waals surface area contributed by atoms with Crippen LogP contribution in [0.2, 0.25) is 0 Å². The molecule has 1 heterocycles. The highest BCUT2D eigenvalue weighted by Crippen LogP contribution is 2.29. The molecule has 0 atom stereocenters. The molecule has 0 saturated carbocycles. The molecule has 1 aromatic rings. The summed E-state index contributed by atoms with van der Waals surface area (Å²) < 4.78 is 0. The molecule has 0 spiro atoms. The van der Waals surface area contributed by atoms with Gasteiger partial charge in [0.25, 0.3) is 0 Å². The van der Waals surface area contributed by atoms with E-state index in [1.54, 1.807) is 0 Å². The Morgan fingerprint density at radius 1 is 1.14 bits per heavy atom. The SMILES string of the molecule is CC(C)(C)Cc1ccc2c(c1)NCN2. The van der Waals surface area contributed by atoms with Crippen LogP contribution in [0.15, 0.2) is 18.2 Å². The molecule has 2 rings (SSSR count). The quantitative estimate of drug-likeness (QED) is 0.711. The summed E-state index contributed by atoms with van der Waals surface area (Å²) >= 11 is 0. The zero-order chi connectivity index (χ0) is 10.2. The van der Waals surface area contributed by atoms with Crippen molar-refractivity contribution in [1.82, 2.24) is 0 Å². The Morgan fingerprint density at radius 3 is 2.57 bits per heavy atom. The van der Waals surface area contributed by atoms with Crippen LogP contribution in [0.5, 0.6) is 0 Å². The number of fused-ring (bicyclic) bond motifs is 1. The summed E-state index contributed by atoms with van der Waals surface area (Å²) in [5.41, 5.74) is 4.24. The monoisotopic (exact) mass is 190 g/mol. The maximum Gasteiger partial charge on any atom is 0.0850 e. The Hall–Kier alpha value is -1.18. The van der Waals surface area contributed by atoms with Gasteiger partial charge in [0.15, 0.2) is 0 Å². The maximum atomic E-state index is 3.32. The van der Waals surface area contributed by atoms with E-state index >= 15 is 0 Å². The van der Waals surface area contributed by atoms with Gasteiger partial charge >= 0.3 is 0 Å². The van der Waals surface area contributed by atoms with E-state index < -0.39 is 0 Å². The third-order valence-corrected chi connectivity index (χ3v) is 2.38. The third kappa shape index (κ3) is 2.00. The van der Waals surface area contributed by atoms with Crippen molar-refractivity contribution in [3.05, 3.63) is 23.8 Å². The molecule has 14 heavy (non-hydrogen) atoms. The van der Waals surface area contributed by atoms with Gasteiger partial charge < -0.3 is 10.6 Å². The first-order valence-corrected chi connectivity index (χ1v) is 5.15. The van der Waals surface area contributed by atoms with Crippen LogP contribution >= 0.6 is 0 Å². The Kier molecular flexibility index (Phi) is 2.14. The topological polar surface area (TPSA) is 24.1 Å². The number of nitrogens with one attached hydrogen (secondary N) is 2. The van der Waals surface area contributed by atoms with Crippen LogP contribution in [-0.4, -0.2) is 6.67 Å². The van der Waals surface area contributed by atoms with E-state index in [-0.39, 0.29) is 0 Å². The smallest absolute Gasteiger partial charge is 0.0850 e. The van der Waals surface area contributed by atoms with Gasteiger partial charge in [0.05, 0.1) is 18.0 Å². The minimum Gasteiger partial charge on any atom is -0.366 e. The van der Waals surface area contributed by atoms with Crippen LogP contribution in [0.1, 0.15) is 26.3 Å². The third-order valence-electron chi connectivity index (χ3n) is 2.38. The average molecular weight is 190 g/mol. The molecule has 76 valence electrons. The Morgan fingerprint density at radius 2 is 1.86 bits per heavy atom. The number of anilines is 2. The van der Waals surface area contributed by atoms with E-state index in [0.717, 1.165) is 13.1 Å². The molecular weight excluding hydrogens is 172 g/mol. The minimum absolute atomic E-state index is 0.361. The van der Waals surface area contributed by atoms with Crippen LogP contribution < -0.4 is 10.6 Å². The van der Waals surface area contributed by atoms with E-state index in [1.165, 1.54) is 16.9 Å². The lowest BCUT2D eigenvalue weighted by Gasteiger charge is -2.18. The fourth-order valence-electron chi connectivity index (χ4n) is 1.85. The van der Waals surface area contributed by atoms with Gasteiger partial charge in [-0.15, -0.1) is 0 Å². The Bertz CT molecular complexity index is 337. The standard InChI is InChI=1S/C12H18N2/c1-12(2,3)7-9-4-5-10-11(6-9)14-8-13-10/h4-6,13-14H,7-8H2,1-3H3. The molecular formula is C12H18N2. The van der Waals surface area contributed by atoms with Gasteiger partial charge in [-0.1, -0.05) is 26.8 Å². The summed E-state index contributed by atoms with van der Waals surface area (Å²) in [5, 5.41) is 6.59. The highest BCUT2D eigenvalue weighted by atomic mass is 15.1. The molecule has 2 heteroatoms. The van der Waals surface area contributed by atoms with Gasteiger partial charge in [0.1, 0.15) is 0 Å². The van der Waals surface area contributed by atoms with E-state index in [4.69, 9.17) is 0 Å². The molecule has 0 aromatic heterocycles. The zero-order valence-electron chi connectivity index (χ0n) is 9.15. The number of rotatable bonds is 1. The molecule has 0 fully saturated rings. The van der Waals surface area contributed by atoms with Crippen LogP contribution in [0.3, 0.4) is 0 Å². The highest BCUT2D eigenvalue weighted by Gasteiger charge is 2.14. The van der Waals surface area contributed by atoms with Crippen molar-refractivity contribution in [1.29, 1.82) is 0 Å². The molecule has 2 nitrogen and oxygen atoms in total. The van der Waals surface area contributed by atoms with Crippen LogP contribution in [0.25, 0.3) is 0 Å². The van der Waals surface area contributed by atoms with E-state index in [9.17, 15) is 0 Å². The first-order chi connectivity index (χ1) is 6.54. The molecule has 0 amide bonds. The van der Waals surface area contributed by atoms with E-state index in [1.807, 2.05) is 0 Å². The molecule has 0 unspecified atom stereocenters. The predicted molar refractivity (Wildman–Crippen MR) is 61.7 cm³/mol. The lowest BCUT2D eigenvalue weighted by molar-refractivity contribution is 0.411. The summed E-state index contributed by atoms with van der Waals surface area (Å²) in [6.45, 7) is 7.66. The second-order valence-corrected chi connectivity index (χ2v) is 5.15. The van der Waals surface area contributed by atoms with Crippen molar-refractivity contribution in [2.75, 3.05) is 17.3 Å². The normalized spacial score (nSPS) is 14.5. The molecule has 0 radical (unpaired) electrons. The van der Waals surface area contributed by atoms with Gasteiger partial charge in [-0.05, 0) is 29.5 Å². The number of hydrogen-bond donors (Lipinski definition) is 2. The summed E-state index contributed by atoms with van der Waals surface area (Å²) in [5.74, 6) is 0. The van der Waals surface area contributed by atoms with E-state index in [0.29, 0.717) is 5.41 Å². The number of hydrogen-bond acceptors (Lipinski definition) is 2. The molecule has 1 aliphatic rings. The molecule has 1 aliphatic heterocycles. The minimum atomic E-state index is 0.361. The predicted octanol–water partition coefficient (Wildman–Crippen LogP) is 3.07. The average Bonchev–Trinajstić information content (AvgIpc) is 2.47. The van der Waals surface area contributed by atoms with Crippen molar-refractivity contribution in [2.24, 2.45) is 5.41 Å². The second kappa shape index (κ2) is 3.19. The first-order valence-electron chi connectivity index (χ1n) is 5.15. The second-order valence-electron chi connectivity index (χ2n) is 5.15. The van der Waals surface area contributed by atoms with Crippen molar-refractivity contribution >= 4 is 11.4 Å². The zero-order valence-corrected chi connectivity index (χ0v) is 9.15. The summed E-state index contributed by atoms with van der Waals surface area (Å²) in [6.07, 6.45) is 1.13. The van der Waals surface area contributed by atoms with Gasteiger partial charge in [-0.25, -0.2) is 0 Å². The van der Waals surface area contributed by atoms with Crippen LogP contribution in [0.4, 0.5) is 11.4 Å². The van der Waals surface area contributed by atoms with Crippen molar-refractivity contribution in [3.8, 4) is 0 Å². The number of benzene rings is 1. The lowest BCUT2D eigenvalue weighted by atomic mass is 9.88. The lowest BCUT2D eigenvalue weighted by Crippen LogP contribution is -2.09. The van der Waals surface area contributed by atoms with Crippen molar-refractivity contribution in [2.45, 2.75) is 27.2 Å². The molecule has 0 saturated heterocycles. The van der Waals surface area contributed by atoms with Gasteiger partial charge in [-0.2, -0.15) is 0 Å².